The average molecular weight is 353 g/mol. The van der Waals surface area contributed by atoms with Crippen LogP contribution in [-0.4, -0.2) is 53.4 Å². The van der Waals surface area contributed by atoms with Gasteiger partial charge in [-0.05, 0) is 43.7 Å². The number of piperazine rings is 1. The summed E-state index contributed by atoms with van der Waals surface area (Å²) < 4.78 is 0. The van der Waals surface area contributed by atoms with Gasteiger partial charge in [0.25, 0.3) is 5.91 Å². The Balaban J connectivity index is 1.59. The van der Waals surface area contributed by atoms with Crippen LogP contribution in [0.25, 0.3) is 21.1 Å². The molecule has 1 aliphatic rings. The Bertz CT molecular complexity index is 925. The molecule has 1 aromatic carbocycles. The first kappa shape index (κ1) is 16.5. The average Bonchev–Trinajstić information content (AvgIpc) is 3.03. The number of carbonyl (C=O) groups excluding carboxylic acids is 1. The summed E-state index contributed by atoms with van der Waals surface area (Å²) in [6.07, 6.45) is 1.17. The lowest BCUT2D eigenvalue weighted by molar-refractivity contribution is 0.0642. The fourth-order valence-corrected chi connectivity index (χ4v) is 4.48. The van der Waals surface area contributed by atoms with Crippen molar-refractivity contribution >= 4 is 38.4 Å². The highest BCUT2D eigenvalue weighted by molar-refractivity contribution is 7.20. The van der Waals surface area contributed by atoms with Gasteiger partial charge in [-0.25, -0.2) is 4.98 Å². The normalized spacial score (nSPS) is 16.0. The quantitative estimate of drug-likeness (QED) is 0.716. The molecule has 2 aromatic heterocycles. The van der Waals surface area contributed by atoms with E-state index in [9.17, 15) is 4.79 Å². The third kappa shape index (κ3) is 3.26. The minimum absolute atomic E-state index is 0.152. The molecule has 4 rings (SSSR count). The highest BCUT2D eigenvalue weighted by atomic mass is 32.1. The van der Waals surface area contributed by atoms with Gasteiger partial charge in [-0.1, -0.05) is 19.1 Å². The number of nitrogens with zero attached hydrogens (tertiary/aromatic N) is 3. The van der Waals surface area contributed by atoms with E-state index in [0.29, 0.717) is 0 Å². The number of rotatable bonds is 3. The number of aromatic nitrogens is 1. The summed E-state index contributed by atoms with van der Waals surface area (Å²) >= 11 is 1.51. The van der Waals surface area contributed by atoms with Crippen LogP contribution in [0.1, 0.15) is 28.6 Å². The van der Waals surface area contributed by atoms with Gasteiger partial charge in [-0.3, -0.25) is 9.69 Å². The standard InChI is InChI=1S/C20H23N3OS/c1-3-6-22-7-9-23(10-8-22)20(24)18-13-16-12-15-5-4-14(2)11-17(15)21-19(16)25-18/h4-5,11-13H,3,6-10H2,1-2H3. The lowest BCUT2D eigenvalue weighted by Gasteiger charge is -2.34. The first-order chi connectivity index (χ1) is 12.1. The zero-order valence-electron chi connectivity index (χ0n) is 14.8. The molecule has 0 unspecified atom stereocenters. The maximum atomic E-state index is 12.9. The summed E-state index contributed by atoms with van der Waals surface area (Å²) in [4.78, 5) is 23.8. The summed E-state index contributed by atoms with van der Waals surface area (Å²) in [5, 5.41) is 2.19. The van der Waals surface area contributed by atoms with Crippen LogP contribution < -0.4 is 0 Å². The SMILES string of the molecule is CCCN1CCN(C(=O)c2cc3cc4ccc(C)cc4nc3s2)CC1. The molecule has 0 saturated carbocycles. The number of fused-ring (bicyclic) bond motifs is 2. The molecule has 5 heteroatoms. The minimum atomic E-state index is 0.152. The molecule has 0 aliphatic carbocycles. The van der Waals surface area contributed by atoms with E-state index in [0.717, 1.165) is 58.7 Å². The second-order valence-electron chi connectivity index (χ2n) is 6.82. The third-order valence-corrected chi connectivity index (χ3v) is 5.90. The van der Waals surface area contributed by atoms with Crippen molar-refractivity contribution in [1.29, 1.82) is 0 Å². The van der Waals surface area contributed by atoms with Gasteiger partial charge in [0.2, 0.25) is 0 Å². The number of amides is 1. The van der Waals surface area contributed by atoms with Crippen molar-refractivity contribution in [1.82, 2.24) is 14.8 Å². The minimum Gasteiger partial charge on any atom is -0.335 e. The second-order valence-corrected chi connectivity index (χ2v) is 7.85. The predicted octanol–water partition coefficient (Wildman–Crippen LogP) is 3.93. The molecule has 0 radical (unpaired) electrons. The lowest BCUT2D eigenvalue weighted by Crippen LogP contribution is -2.48. The van der Waals surface area contributed by atoms with Crippen LogP contribution in [0.3, 0.4) is 0 Å². The Morgan fingerprint density at radius 2 is 1.92 bits per heavy atom. The molecular weight excluding hydrogens is 330 g/mol. The molecule has 1 amide bonds. The van der Waals surface area contributed by atoms with E-state index in [1.807, 2.05) is 11.0 Å². The highest BCUT2D eigenvalue weighted by Gasteiger charge is 2.23. The Kier molecular flexibility index (Phi) is 4.44. The van der Waals surface area contributed by atoms with E-state index >= 15 is 0 Å². The summed E-state index contributed by atoms with van der Waals surface area (Å²) in [7, 11) is 0. The molecule has 3 aromatic rings. The van der Waals surface area contributed by atoms with Gasteiger partial charge in [-0.2, -0.15) is 0 Å². The highest BCUT2D eigenvalue weighted by Crippen LogP contribution is 2.29. The van der Waals surface area contributed by atoms with E-state index < -0.39 is 0 Å². The summed E-state index contributed by atoms with van der Waals surface area (Å²) in [6.45, 7) is 9.00. The van der Waals surface area contributed by atoms with Crippen molar-refractivity contribution in [2.75, 3.05) is 32.7 Å². The van der Waals surface area contributed by atoms with E-state index in [1.54, 1.807) is 0 Å². The van der Waals surface area contributed by atoms with Gasteiger partial charge < -0.3 is 4.90 Å². The van der Waals surface area contributed by atoms with Crippen LogP contribution >= 0.6 is 11.3 Å². The molecule has 0 spiro atoms. The molecule has 0 atom stereocenters. The van der Waals surface area contributed by atoms with E-state index in [-0.39, 0.29) is 5.91 Å². The van der Waals surface area contributed by atoms with Gasteiger partial charge in [0.1, 0.15) is 4.83 Å². The molecule has 0 bridgehead atoms. The van der Waals surface area contributed by atoms with Crippen molar-refractivity contribution < 1.29 is 4.79 Å². The van der Waals surface area contributed by atoms with Gasteiger partial charge >= 0.3 is 0 Å². The zero-order valence-corrected chi connectivity index (χ0v) is 15.6. The Morgan fingerprint density at radius 3 is 2.68 bits per heavy atom. The van der Waals surface area contributed by atoms with Crippen molar-refractivity contribution in [3.05, 3.63) is 40.8 Å². The number of benzene rings is 1. The Labute approximate surface area is 152 Å². The van der Waals surface area contributed by atoms with Crippen molar-refractivity contribution in [3.8, 4) is 0 Å². The van der Waals surface area contributed by atoms with Crippen molar-refractivity contribution in [2.24, 2.45) is 0 Å². The first-order valence-corrected chi connectivity index (χ1v) is 9.78. The van der Waals surface area contributed by atoms with Crippen LogP contribution in [0, 0.1) is 6.92 Å². The predicted molar refractivity (Wildman–Crippen MR) is 104 cm³/mol. The van der Waals surface area contributed by atoms with Crippen LogP contribution in [0.5, 0.6) is 0 Å². The third-order valence-electron chi connectivity index (χ3n) is 4.87. The first-order valence-electron chi connectivity index (χ1n) is 8.96. The number of carbonyl (C=O) groups is 1. The van der Waals surface area contributed by atoms with Crippen LogP contribution in [0.4, 0.5) is 0 Å². The largest absolute Gasteiger partial charge is 0.335 e. The maximum Gasteiger partial charge on any atom is 0.264 e. The molecule has 0 N–H and O–H groups in total. The molecule has 1 saturated heterocycles. The van der Waals surface area contributed by atoms with Gasteiger partial charge in [-0.15, -0.1) is 11.3 Å². The summed E-state index contributed by atoms with van der Waals surface area (Å²) in [5.74, 6) is 0.152. The van der Waals surface area contributed by atoms with E-state index in [4.69, 9.17) is 4.98 Å². The fourth-order valence-electron chi connectivity index (χ4n) is 3.49. The van der Waals surface area contributed by atoms with Crippen molar-refractivity contribution in [2.45, 2.75) is 20.3 Å². The molecule has 4 nitrogen and oxygen atoms in total. The van der Waals surface area contributed by atoms with Crippen molar-refractivity contribution in [3.63, 3.8) is 0 Å². The summed E-state index contributed by atoms with van der Waals surface area (Å²) in [5.41, 5.74) is 2.21. The lowest BCUT2D eigenvalue weighted by atomic mass is 10.1. The summed E-state index contributed by atoms with van der Waals surface area (Å²) in [6, 6.07) is 10.5. The molecular formula is C20H23N3OS. The molecule has 1 aliphatic heterocycles. The van der Waals surface area contributed by atoms with Crippen LogP contribution in [-0.2, 0) is 0 Å². The monoisotopic (exact) mass is 353 g/mol. The van der Waals surface area contributed by atoms with Gasteiger partial charge in [0.15, 0.2) is 0 Å². The molecule has 25 heavy (non-hydrogen) atoms. The molecule has 3 heterocycles. The van der Waals surface area contributed by atoms with E-state index in [2.05, 4.69) is 43.0 Å². The topological polar surface area (TPSA) is 36.4 Å². The van der Waals surface area contributed by atoms with Crippen LogP contribution in [0.2, 0.25) is 0 Å². The van der Waals surface area contributed by atoms with E-state index in [1.165, 1.54) is 23.3 Å². The molecule has 130 valence electrons. The number of hydrogen-bond acceptors (Lipinski definition) is 4. The Hall–Kier alpha value is -1.98. The maximum absolute atomic E-state index is 12.9. The van der Waals surface area contributed by atoms with Crippen LogP contribution in [0.15, 0.2) is 30.3 Å². The Morgan fingerprint density at radius 1 is 1.12 bits per heavy atom. The smallest absolute Gasteiger partial charge is 0.264 e. The van der Waals surface area contributed by atoms with Gasteiger partial charge in [0, 0.05) is 37.0 Å². The number of thiophene rings is 1. The number of aryl methyl sites for hydroxylation is 1. The fraction of sp³-hybridized carbons (Fsp3) is 0.400. The van der Waals surface area contributed by atoms with Gasteiger partial charge in [0.05, 0.1) is 10.4 Å². The number of hydrogen-bond donors (Lipinski definition) is 0. The molecule has 1 fully saturated rings. The number of pyridine rings is 1. The zero-order chi connectivity index (χ0) is 17.4. The second kappa shape index (κ2) is 6.73.